The number of halogens is 3. The predicted octanol–water partition coefficient (Wildman–Crippen LogP) is 2.88. The smallest absolute Gasteiger partial charge is 0.152 e. The number of nitrogens with zero attached hydrogens (tertiary/aromatic N) is 2. The first-order chi connectivity index (χ1) is 9.58. The number of pyridine rings is 1. The number of anilines is 1. The first-order valence-corrected chi connectivity index (χ1v) is 6.86. The minimum absolute atomic E-state index is 0.168. The zero-order valence-corrected chi connectivity index (χ0v) is 11.8. The van der Waals surface area contributed by atoms with Crippen molar-refractivity contribution in [3.05, 3.63) is 34.5 Å². The number of benzene rings is 1. The fourth-order valence-corrected chi connectivity index (χ4v) is 2.83. The Labute approximate surface area is 120 Å². The van der Waals surface area contributed by atoms with Gasteiger partial charge in [0.25, 0.3) is 0 Å². The summed E-state index contributed by atoms with van der Waals surface area (Å²) in [7, 11) is 0. The Morgan fingerprint density at radius 1 is 1.25 bits per heavy atom. The van der Waals surface area contributed by atoms with Crippen molar-refractivity contribution < 1.29 is 8.78 Å². The van der Waals surface area contributed by atoms with E-state index in [2.05, 4.69) is 15.2 Å². The molecule has 1 aliphatic heterocycles. The van der Waals surface area contributed by atoms with E-state index in [1.54, 1.807) is 6.92 Å². The van der Waals surface area contributed by atoms with Gasteiger partial charge < -0.3 is 10.2 Å². The summed E-state index contributed by atoms with van der Waals surface area (Å²) < 4.78 is 27.5. The third-order valence-electron chi connectivity index (χ3n) is 3.52. The molecular formula is C14H14ClF2N3. The molecule has 0 amide bonds. The summed E-state index contributed by atoms with van der Waals surface area (Å²) in [6.45, 7) is 4.86. The van der Waals surface area contributed by atoms with Gasteiger partial charge in [0.05, 0.1) is 16.4 Å². The number of hydrogen-bond acceptors (Lipinski definition) is 3. The van der Waals surface area contributed by atoms with E-state index in [1.165, 1.54) is 6.07 Å². The maximum absolute atomic E-state index is 13.9. The average Bonchev–Trinajstić information content (AvgIpc) is 2.42. The van der Waals surface area contributed by atoms with Gasteiger partial charge in [0.15, 0.2) is 5.82 Å². The lowest BCUT2D eigenvalue weighted by molar-refractivity contribution is 0.585. The van der Waals surface area contributed by atoms with Crippen LogP contribution in [0.4, 0.5) is 14.5 Å². The van der Waals surface area contributed by atoms with E-state index >= 15 is 0 Å². The zero-order valence-electron chi connectivity index (χ0n) is 11.0. The summed E-state index contributed by atoms with van der Waals surface area (Å²) in [4.78, 5) is 6.21. The first-order valence-electron chi connectivity index (χ1n) is 6.48. The highest BCUT2D eigenvalue weighted by Crippen LogP contribution is 2.36. The van der Waals surface area contributed by atoms with Crippen LogP contribution < -0.4 is 10.2 Å². The monoisotopic (exact) mass is 297 g/mol. The van der Waals surface area contributed by atoms with E-state index in [9.17, 15) is 8.78 Å². The Morgan fingerprint density at radius 2 is 1.95 bits per heavy atom. The lowest BCUT2D eigenvalue weighted by Crippen LogP contribution is -2.43. The molecule has 1 saturated heterocycles. The molecule has 0 unspecified atom stereocenters. The zero-order chi connectivity index (χ0) is 14.3. The lowest BCUT2D eigenvalue weighted by atomic mass is 10.1. The molecule has 6 heteroatoms. The summed E-state index contributed by atoms with van der Waals surface area (Å²) in [5.41, 5.74) is 1.40. The van der Waals surface area contributed by atoms with E-state index in [0.29, 0.717) is 21.8 Å². The third-order valence-corrected chi connectivity index (χ3v) is 3.97. The van der Waals surface area contributed by atoms with Crippen molar-refractivity contribution in [3.63, 3.8) is 0 Å². The Kier molecular flexibility index (Phi) is 3.48. The number of aryl methyl sites for hydroxylation is 1. The van der Waals surface area contributed by atoms with Gasteiger partial charge >= 0.3 is 0 Å². The molecule has 0 aliphatic carbocycles. The van der Waals surface area contributed by atoms with Crippen LogP contribution in [0.25, 0.3) is 10.9 Å². The van der Waals surface area contributed by atoms with Crippen molar-refractivity contribution in [3.8, 4) is 0 Å². The van der Waals surface area contributed by atoms with Crippen LogP contribution in [0, 0.1) is 18.6 Å². The molecule has 1 N–H and O–H groups in total. The Bertz CT molecular complexity index is 669. The molecule has 0 bridgehead atoms. The van der Waals surface area contributed by atoms with Gasteiger partial charge in [-0.15, -0.1) is 0 Å². The van der Waals surface area contributed by atoms with Crippen LogP contribution >= 0.6 is 11.6 Å². The highest BCUT2D eigenvalue weighted by molar-refractivity contribution is 6.35. The molecule has 1 fully saturated rings. The maximum Gasteiger partial charge on any atom is 0.152 e. The number of nitrogens with one attached hydrogen (secondary N) is 1. The van der Waals surface area contributed by atoms with Crippen molar-refractivity contribution in [2.24, 2.45) is 0 Å². The van der Waals surface area contributed by atoms with Crippen LogP contribution in [0.5, 0.6) is 0 Å². The van der Waals surface area contributed by atoms with E-state index < -0.39 is 11.6 Å². The molecule has 2 aromatic rings. The van der Waals surface area contributed by atoms with Crippen LogP contribution in [0.15, 0.2) is 12.1 Å². The Hall–Kier alpha value is -1.46. The van der Waals surface area contributed by atoms with E-state index in [1.807, 2.05) is 0 Å². The van der Waals surface area contributed by atoms with Crippen molar-refractivity contribution in [1.29, 1.82) is 0 Å². The molecule has 20 heavy (non-hydrogen) atoms. The van der Waals surface area contributed by atoms with Crippen molar-refractivity contribution in [1.82, 2.24) is 10.3 Å². The molecule has 106 valence electrons. The first kappa shape index (κ1) is 13.5. The molecule has 2 heterocycles. The molecule has 0 spiro atoms. The molecule has 1 aromatic carbocycles. The largest absolute Gasteiger partial charge is 0.367 e. The van der Waals surface area contributed by atoms with Crippen molar-refractivity contribution >= 4 is 28.2 Å². The minimum Gasteiger partial charge on any atom is -0.367 e. The standard InChI is InChI=1S/C14H14ClF2N3/c1-8-12(15)14(20-4-2-18-3-5-20)10-6-9(16)7-11(17)13(10)19-8/h6-7,18H,2-5H2,1H3. The van der Waals surface area contributed by atoms with Gasteiger partial charge in [0.2, 0.25) is 0 Å². The summed E-state index contributed by atoms with van der Waals surface area (Å²) in [5, 5.41) is 4.13. The second-order valence-electron chi connectivity index (χ2n) is 4.88. The Balaban J connectivity index is 2.29. The number of hydrogen-bond donors (Lipinski definition) is 1. The molecule has 3 rings (SSSR count). The van der Waals surface area contributed by atoms with Crippen molar-refractivity contribution in [2.45, 2.75) is 6.92 Å². The van der Waals surface area contributed by atoms with Gasteiger partial charge in [-0.3, -0.25) is 0 Å². The molecule has 0 saturated carbocycles. The molecule has 0 radical (unpaired) electrons. The quantitative estimate of drug-likeness (QED) is 0.877. The van der Waals surface area contributed by atoms with Gasteiger partial charge in [0, 0.05) is 37.6 Å². The van der Waals surface area contributed by atoms with Crippen LogP contribution in [0.3, 0.4) is 0 Å². The maximum atomic E-state index is 13.9. The Morgan fingerprint density at radius 3 is 2.65 bits per heavy atom. The highest BCUT2D eigenvalue weighted by atomic mass is 35.5. The van der Waals surface area contributed by atoms with Gasteiger partial charge in [-0.05, 0) is 13.0 Å². The van der Waals surface area contributed by atoms with Gasteiger partial charge in [0.1, 0.15) is 11.3 Å². The topological polar surface area (TPSA) is 28.2 Å². The van der Waals surface area contributed by atoms with Crippen LogP contribution in [0.2, 0.25) is 5.02 Å². The number of fused-ring (bicyclic) bond motifs is 1. The molecule has 1 aromatic heterocycles. The number of aromatic nitrogens is 1. The fourth-order valence-electron chi connectivity index (χ4n) is 2.56. The second-order valence-corrected chi connectivity index (χ2v) is 5.26. The van der Waals surface area contributed by atoms with E-state index in [4.69, 9.17) is 11.6 Å². The van der Waals surface area contributed by atoms with Crippen LogP contribution in [-0.4, -0.2) is 31.2 Å². The molecule has 0 atom stereocenters. The van der Waals surface area contributed by atoms with Crippen LogP contribution in [-0.2, 0) is 0 Å². The van der Waals surface area contributed by atoms with Gasteiger partial charge in [-0.25, -0.2) is 13.8 Å². The molecule has 3 nitrogen and oxygen atoms in total. The predicted molar refractivity (Wildman–Crippen MR) is 76.5 cm³/mol. The van der Waals surface area contributed by atoms with Crippen molar-refractivity contribution in [2.75, 3.05) is 31.1 Å². The average molecular weight is 298 g/mol. The van der Waals surface area contributed by atoms with Crippen LogP contribution in [0.1, 0.15) is 5.69 Å². The summed E-state index contributed by atoms with van der Waals surface area (Å²) in [6.07, 6.45) is 0. The third kappa shape index (κ3) is 2.21. The summed E-state index contributed by atoms with van der Waals surface area (Å²) in [6, 6.07) is 2.15. The highest BCUT2D eigenvalue weighted by Gasteiger charge is 2.21. The lowest BCUT2D eigenvalue weighted by Gasteiger charge is -2.31. The van der Waals surface area contributed by atoms with Gasteiger partial charge in [-0.1, -0.05) is 11.6 Å². The SMILES string of the molecule is Cc1nc2c(F)cc(F)cc2c(N2CCNCC2)c1Cl. The minimum atomic E-state index is -0.656. The normalized spacial score (nSPS) is 15.9. The molecule has 1 aliphatic rings. The van der Waals surface area contributed by atoms with E-state index in [-0.39, 0.29) is 5.52 Å². The summed E-state index contributed by atoms with van der Waals surface area (Å²) >= 11 is 6.34. The molecular weight excluding hydrogens is 284 g/mol. The number of piperazine rings is 1. The summed E-state index contributed by atoms with van der Waals surface area (Å²) in [5.74, 6) is -1.27. The second kappa shape index (κ2) is 5.14. The van der Waals surface area contributed by atoms with Gasteiger partial charge in [-0.2, -0.15) is 0 Å². The number of rotatable bonds is 1. The van der Waals surface area contributed by atoms with E-state index in [0.717, 1.165) is 32.2 Å². The fraction of sp³-hybridized carbons (Fsp3) is 0.357.